The zero-order valence-corrected chi connectivity index (χ0v) is 13.2. The van der Waals surface area contributed by atoms with Crippen LogP contribution in [0.15, 0.2) is 6.20 Å². The van der Waals surface area contributed by atoms with Gasteiger partial charge in [-0.05, 0) is 51.1 Å². The van der Waals surface area contributed by atoms with E-state index in [1.54, 1.807) is 0 Å². The molecule has 1 aliphatic heterocycles. The van der Waals surface area contributed by atoms with Crippen molar-refractivity contribution < 1.29 is 0 Å². The fourth-order valence-corrected chi connectivity index (χ4v) is 3.07. The molecule has 1 aliphatic rings. The van der Waals surface area contributed by atoms with Crippen molar-refractivity contribution in [2.24, 2.45) is 11.3 Å². The Labute approximate surface area is 118 Å². The van der Waals surface area contributed by atoms with E-state index in [4.69, 9.17) is 0 Å². The van der Waals surface area contributed by atoms with E-state index in [-0.39, 0.29) is 0 Å². The van der Waals surface area contributed by atoms with Crippen LogP contribution in [0.2, 0.25) is 0 Å². The number of likely N-dealkylation sites (tertiary alicyclic amines) is 1. The normalized spacial score (nSPS) is 19.0. The van der Waals surface area contributed by atoms with Crippen molar-refractivity contribution in [2.45, 2.75) is 60.5 Å². The molecule has 0 amide bonds. The molecule has 2 heterocycles. The Morgan fingerprint density at radius 3 is 2.37 bits per heavy atom. The molecule has 108 valence electrons. The van der Waals surface area contributed by atoms with Crippen LogP contribution in [0.4, 0.5) is 0 Å². The maximum Gasteiger partial charge on any atom is 0.0638 e. The summed E-state index contributed by atoms with van der Waals surface area (Å²) in [6.45, 7) is 15.9. The van der Waals surface area contributed by atoms with E-state index in [2.05, 4.69) is 50.8 Å². The van der Waals surface area contributed by atoms with Gasteiger partial charge in [0, 0.05) is 24.8 Å². The minimum Gasteiger partial charge on any atom is -0.299 e. The first-order valence-corrected chi connectivity index (χ1v) is 7.65. The molecular weight excluding hydrogens is 234 g/mol. The quantitative estimate of drug-likeness (QED) is 0.832. The molecule has 0 spiro atoms. The molecule has 0 atom stereocenters. The van der Waals surface area contributed by atoms with Crippen LogP contribution in [-0.2, 0) is 13.1 Å². The van der Waals surface area contributed by atoms with Crippen molar-refractivity contribution in [1.29, 1.82) is 0 Å². The Morgan fingerprint density at radius 2 is 1.89 bits per heavy atom. The zero-order chi connectivity index (χ0) is 14.0. The molecule has 1 aromatic heterocycles. The summed E-state index contributed by atoms with van der Waals surface area (Å²) in [6, 6.07) is 0. The van der Waals surface area contributed by atoms with Crippen LogP contribution in [0.1, 0.15) is 51.8 Å². The highest BCUT2D eigenvalue weighted by Gasteiger charge is 2.28. The van der Waals surface area contributed by atoms with Crippen molar-refractivity contribution in [2.75, 3.05) is 13.1 Å². The maximum atomic E-state index is 4.54. The first-order valence-electron chi connectivity index (χ1n) is 7.65. The standard InChI is InChI=1S/C16H29N3/c1-6-19-12-14(13(2)17-19)11-18-9-7-15(8-10-18)16(3,4)5/h12,15H,6-11H2,1-5H3. The van der Waals surface area contributed by atoms with Crippen molar-refractivity contribution in [3.05, 3.63) is 17.5 Å². The zero-order valence-electron chi connectivity index (χ0n) is 13.2. The average molecular weight is 263 g/mol. The third kappa shape index (κ3) is 3.59. The summed E-state index contributed by atoms with van der Waals surface area (Å²) in [4.78, 5) is 2.59. The predicted molar refractivity (Wildman–Crippen MR) is 80.1 cm³/mol. The van der Waals surface area contributed by atoms with Crippen molar-refractivity contribution >= 4 is 0 Å². The van der Waals surface area contributed by atoms with Crippen LogP contribution in [0.3, 0.4) is 0 Å². The van der Waals surface area contributed by atoms with Gasteiger partial charge in [-0.1, -0.05) is 20.8 Å². The van der Waals surface area contributed by atoms with Crippen molar-refractivity contribution in [1.82, 2.24) is 14.7 Å². The molecule has 0 N–H and O–H groups in total. The van der Waals surface area contributed by atoms with E-state index in [1.165, 1.54) is 37.2 Å². The molecule has 1 aromatic rings. The molecule has 0 aliphatic carbocycles. The van der Waals surface area contributed by atoms with Crippen LogP contribution in [0.5, 0.6) is 0 Å². The Kier molecular flexibility index (Phi) is 4.34. The summed E-state index contributed by atoms with van der Waals surface area (Å²) in [5.41, 5.74) is 3.06. The molecular formula is C16H29N3. The van der Waals surface area contributed by atoms with Gasteiger partial charge in [0.15, 0.2) is 0 Å². The van der Waals surface area contributed by atoms with Gasteiger partial charge in [0.2, 0.25) is 0 Å². The number of piperidine rings is 1. The lowest BCUT2D eigenvalue weighted by Gasteiger charge is -2.38. The topological polar surface area (TPSA) is 21.1 Å². The van der Waals surface area contributed by atoms with E-state index >= 15 is 0 Å². The second-order valence-corrected chi connectivity index (χ2v) is 7.01. The number of hydrogen-bond donors (Lipinski definition) is 0. The second kappa shape index (κ2) is 5.66. The fraction of sp³-hybridized carbons (Fsp3) is 0.812. The van der Waals surface area contributed by atoms with Gasteiger partial charge in [-0.25, -0.2) is 0 Å². The highest BCUT2D eigenvalue weighted by molar-refractivity contribution is 5.15. The number of aryl methyl sites for hydroxylation is 2. The predicted octanol–water partition coefficient (Wildman–Crippen LogP) is 3.47. The monoisotopic (exact) mass is 263 g/mol. The molecule has 0 radical (unpaired) electrons. The van der Waals surface area contributed by atoms with E-state index < -0.39 is 0 Å². The number of nitrogens with zero attached hydrogens (tertiary/aromatic N) is 3. The van der Waals surface area contributed by atoms with E-state index in [1.807, 2.05) is 4.68 Å². The fourth-order valence-electron chi connectivity index (χ4n) is 3.07. The largest absolute Gasteiger partial charge is 0.299 e. The second-order valence-electron chi connectivity index (χ2n) is 7.01. The van der Waals surface area contributed by atoms with Gasteiger partial charge in [-0.2, -0.15) is 5.10 Å². The van der Waals surface area contributed by atoms with Crippen LogP contribution in [-0.4, -0.2) is 27.8 Å². The van der Waals surface area contributed by atoms with Crippen LogP contribution in [0, 0.1) is 18.3 Å². The van der Waals surface area contributed by atoms with E-state index in [0.29, 0.717) is 5.41 Å². The van der Waals surface area contributed by atoms with Crippen LogP contribution < -0.4 is 0 Å². The molecule has 0 bridgehead atoms. The average Bonchev–Trinajstić information content (AvgIpc) is 2.70. The SMILES string of the molecule is CCn1cc(CN2CCC(C(C)(C)C)CC2)c(C)n1. The van der Waals surface area contributed by atoms with Gasteiger partial charge in [0.05, 0.1) is 5.69 Å². The van der Waals surface area contributed by atoms with Gasteiger partial charge in [-0.3, -0.25) is 9.58 Å². The smallest absolute Gasteiger partial charge is 0.0638 e. The van der Waals surface area contributed by atoms with E-state index in [9.17, 15) is 0 Å². The Bertz CT molecular complexity index is 406. The minimum atomic E-state index is 0.467. The lowest BCUT2D eigenvalue weighted by molar-refractivity contribution is 0.108. The Hall–Kier alpha value is -0.830. The molecule has 3 heteroatoms. The molecule has 1 saturated heterocycles. The number of rotatable bonds is 3. The van der Waals surface area contributed by atoms with Crippen molar-refractivity contribution in [3.63, 3.8) is 0 Å². The number of hydrogen-bond acceptors (Lipinski definition) is 2. The molecule has 0 unspecified atom stereocenters. The summed E-state index contributed by atoms with van der Waals surface area (Å²) >= 11 is 0. The van der Waals surface area contributed by atoms with Gasteiger partial charge in [0.25, 0.3) is 0 Å². The molecule has 1 fully saturated rings. The first-order chi connectivity index (χ1) is 8.90. The molecule has 2 rings (SSSR count). The number of aromatic nitrogens is 2. The molecule has 0 aromatic carbocycles. The maximum absolute atomic E-state index is 4.54. The third-order valence-electron chi connectivity index (χ3n) is 4.58. The molecule has 19 heavy (non-hydrogen) atoms. The summed E-state index contributed by atoms with van der Waals surface area (Å²) in [5, 5.41) is 4.54. The summed E-state index contributed by atoms with van der Waals surface area (Å²) in [5.74, 6) is 0.878. The van der Waals surface area contributed by atoms with Gasteiger partial charge in [-0.15, -0.1) is 0 Å². The van der Waals surface area contributed by atoms with Gasteiger partial charge >= 0.3 is 0 Å². The van der Waals surface area contributed by atoms with Crippen molar-refractivity contribution in [3.8, 4) is 0 Å². The highest BCUT2D eigenvalue weighted by atomic mass is 15.3. The van der Waals surface area contributed by atoms with Crippen LogP contribution >= 0.6 is 0 Å². The third-order valence-corrected chi connectivity index (χ3v) is 4.58. The van der Waals surface area contributed by atoms with Gasteiger partial charge in [0.1, 0.15) is 0 Å². The summed E-state index contributed by atoms with van der Waals surface area (Å²) < 4.78 is 2.05. The Balaban J connectivity index is 1.90. The molecule has 0 saturated carbocycles. The lowest BCUT2D eigenvalue weighted by atomic mass is 9.75. The summed E-state index contributed by atoms with van der Waals surface area (Å²) in [6.07, 6.45) is 4.89. The minimum absolute atomic E-state index is 0.467. The van der Waals surface area contributed by atoms with Gasteiger partial charge < -0.3 is 0 Å². The van der Waals surface area contributed by atoms with E-state index in [0.717, 1.165) is 19.0 Å². The lowest BCUT2D eigenvalue weighted by Crippen LogP contribution is -2.37. The Morgan fingerprint density at radius 1 is 1.26 bits per heavy atom. The summed E-state index contributed by atoms with van der Waals surface area (Å²) in [7, 11) is 0. The highest BCUT2D eigenvalue weighted by Crippen LogP contribution is 2.34. The molecule has 3 nitrogen and oxygen atoms in total. The first kappa shape index (κ1) is 14.6. The van der Waals surface area contributed by atoms with Crippen LogP contribution in [0.25, 0.3) is 0 Å².